The summed E-state index contributed by atoms with van der Waals surface area (Å²) in [6.07, 6.45) is 1.66. The maximum absolute atomic E-state index is 5.40. The Morgan fingerprint density at radius 1 is 1.32 bits per heavy atom. The van der Waals surface area contributed by atoms with Crippen LogP contribution in [0.15, 0.2) is 12.4 Å². The second-order valence-corrected chi connectivity index (χ2v) is 4.48. The Morgan fingerprint density at radius 3 is 2.63 bits per heavy atom. The van der Waals surface area contributed by atoms with Gasteiger partial charge in [0.2, 0.25) is 0 Å². The second kappa shape index (κ2) is 5.61. The Hall–Kier alpha value is -2.22. The van der Waals surface area contributed by atoms with Crippen molar-refractivity contribution in [2.24, 2.45) is 12.9 Å². The fourth-order valence-electron chi connectivity index (χ4n) is 1.52. The van der Waals surface area contributed by atoms with Crippen LogP contribution in [0, 0.1) is 0 Å². The van der Waals surface area contributed by atoms with Crippen LogP contribution in [-0.2, 0) is 13.6 Å². The van der Waals surface area contributed by atoms with Crippen molar-refractivity contribution in [3.8, 4) is 0 Å². The SMILES string of the molecule is CC(C)c1nc(NN)cc(NCc2ncn(C)n2)n1. The molecule has 0 aliphatic rings. The summed E-state index contributed by atoms with van der Waals surface area (Å²) in [4.78, 5) is 12.8. The highest BCUT2D eigenvalue weighted by Crippen LogP contribution is 2.16. The zero-order valence-electron chi connectivity index (χ0n) is 11.3. The number of anilines is 2. The minimum Gasteiger partial charge on any atom is -0.363 e. The summed E-state index contributed by atoms with van der Waals surface area (Å²) >= 11 is 0. The summed E-state index contributed by atoms with van der Waals surface area (Å²) < 4.78 is 1.66. The van der Waals surface area contributed by atoms with Gasteiger partial charge in [0.15, 0.2) is 5.82 Å². The van der Waals surface area contributed by atoms with Crippen molar-refractivity contribution in [2.45, 2.75) is 26.3 Å². The Labute approximate surface area is 111 Å². The number of nitrogens with one attached hydrogen (secondary N) is 2. The molecule has 0 amide bonds. The van der Waals surface area contributed by atoms with Gasteiger partial charge in [-0.05, 0) is 0 Å². The highest BCUT2D eigenvalue weighted by molar-refractivity contribution is 5.47. The quantitative estimate of drug-likeness (QED) is 0.535. The van der Waals surface area contributed by atoms with Gasteiger partial charge in [0.1, 0.15) is 23.8 Å². The number of hydrogen-bond donors (Lipinski definition) is 3. The van der Waals surface area contributed by atoms with Gasteiger partial charge in [-0.3, -0.25) is 4.68 Å². The summed E-state index contributed by atoms with van der Waals surface area (Å²) in [5.41, 5.74) is 2.54. The molecule has 8 heteroatoms. The molecule has 0 aromatic carbocycles. The lowest BCUT2D eigenvalue weighted by Gasteiger charge is -2.10. The van der Waals surface area contributed by atoms with Gasteiger partial charge in [0, 0.05) is 19.0 Å². The average molecular weight is 262 g/mol. The molecular weight excluding hydrogens is 244 g/mol. The van der Waals surface area contributed by atoms with Crippen LogP contribution >= 0.6 is 0 Å². The van der Waals surface area contributed by atoms with Gasteiger partial charge in [0.05, 0.1) is 6.54 Å². The molecule has 8 nitrogen and oxygen atoms in total. The Balaban J connectivity index is 2.12. The number of hydrazine groups is 1. The van der Waals surface area contributed by atoms with Crippen molar-refractivity contribution in [3.63, 3.8) is 0 Å². The lowest BCUT2D eigenvalue weighted by Crippen LogP contribution is -2.13. The van der Waals surface area contributed by atoms with Gasteiger partial charge in [-0.2, -0.15) is 5.10 Å². The molecule has 2 aromatic heterocycles. The number of hydrogen-bond acceptors (Lipinski definition) is 7. The third kappa shape index (κ3) is 3.38. The topological polar surface area (TPSA) is 107 Å². The van der Waals surface area contributed by atoms with Gasteiger partial charge in [0.25, 0.3) is 0 Å². The van der Waals surface area contributed by atoms with Crippen LogP contribution in [0.3, 0.4) is 0 Å². The molecule has 2 heterocycles. The van der Waals surface area contributed by atoms with E-state index < -0.39 is 0 Å². The first-order valence-electron chi connectivity index (χ1n) is 6.02. The van der Waals surface area contributed by atoms with Gasteiger partial charge >= 0.3 is 0 Å². The number of rotatable bonds is 5. The average Bonchev–Trinajstić information content (AvgIpc) is 2.81. The number of nitrogen functional groups attached to an aromatic ring is 1. The number of nitrogens with zero attached hydrogens (tertiary/aromatic N) is 5. The molecule has 0 aliphatic carbocycles. The molecule has 2 aromatic rings. The minimum atomic E-state index is 0.224. The largest absolute Gasteiger partial charge is 0.363 e. The normalized spacial score (nSPS) is 10.8. The highest BCUT2D eigenvalue weighted by atomic mass is 15.3. The van der Waals surface area contributed by atoms with E-state index in [1.807, 2.05) is 20.9 Å². The van der Waals surface area contributed by atoms with E-state index in [1.54, 1.807) is 17.1 Å². The van der Waals surface area contributed by atoms with E-state index in [4.69, 9.17) is 5.84 Å². The molecule has 0 aliphatic heterocycles. The van der Waals surface area contributed by atoms with Crippen LogP contribution in [0.2, 0.25) is 0 Å². The molecular formula is C11H18N8. The number of nitrogens with two attached hydrogens (primary N) is 1. The molecule has 0 atom stereocenters. The van der Waals surface area contributed by atoms with E-state index in [1.165, 1.54) is 0 Å². The van der Waals surface area contributed by atoms with Crippen molar-refractivity contribution in [1.82, 2.24) is 24.7 Å². The second-order valence-electron chi connectivity index (χ2n) is 4.48. The van der Waals surface area contributed by atoms with Crippen LogP contribution in [0.5, 0.6) is 0 Å². The highest BCUT2D eigenvalue weighted by Gasteiger charge is 2.08. The first-order chi connectivity index (χ1) is 9.08. The number of aryl methyl sites for hydroxylation is 1. The van der Waals surface area contributed by atoms with Gasteiger partial charge in [-0.15, -0.1) is 0 Å². The molecule has 19 heavy (non-hydrogen) atoms. The zero-order chi connectivity index (χ0) is 13.8. The third-order valence-electron chi connectivity index (χ3n) is 2.48. The number of aromatic nitrogens is 5. The molecule has 0 saturated carbocycles. The molecule has 0 radical (unpaired) electrons. The first-order valence-corrected chi connectivity index (χ1v) is 6.02. The van der Waals surface area contributed by atoms with Crippen molar-refractivity contribution in [1.29, 1.82) is 0 Å². The predicted molar refractivity (Wildman–Crippen MR) is 72.3 cm³/mol. The maximum Gasteiger partial charge on any atom is 0.169 e. The van der Waals surface area contributed by atoms with Crippen molar-refractivity contribution >= 4 is 11.6 Å². The Bertz CT molecular complexity index is 547. The molecule has 0 spiro atoms. The van der Waals surface area contributed by atoms with Crippen molar-refractivity contribution in [3.05, 3.63) is 24.0 Å². The summed E-state index contributed by atoms with van der Waals surface area (Å²) in [5.74, 6) is 8.33. The lowest BCUT2D eigenvalue weighted by molar-refractivity contribution is 0.745. The van der Waals surface area contributed by atoms with Crippen molar-refractivity contribution < 1.29 is 0 Å². The van der Waals surface area contributed by atoms with Crippen molar-refractivity contribution in [2.75, 3.05) is 10.7 Å². The summed E-state index contributed by atoms with van der Waals surface area (Å²) in [6.45, 7) is 4.55. The van der Waals surface area contributed by atoms with E-state index in [0.717, 1.165) is 5.82 Å². The van der Waals surface area contributed by atoms with E-state index >= 15 is 0 Å². The molecule has 4 N–H and O–H groups in total. The van der Waals surface area contributed by atoms with Gasteiger partial charge < -0.3 is 10.7 Å². The monoisotopic (exact) mass is 262 g/mol. The fourth-order valence-corrected chi connectivity index (χ4v) is 1.52. The fraction of sp³-hybridized carbons (Fsp3) is 0.455. The minimum absolute atomic E-state index is 0.224. The molecule has 0 bridgehead atoms. The van der Waals surface area contributed by atoms with E-state index in [9.17, 15) is 0 Å². The van der Waals surface area contributed by atoms with Crippen LogP contribution in [0.1, 0.15) is 31.4 Å². The third-order valence-corrected chi connectivity index (χ3v) is 2.48. The lowest BCUT2D eigenvalue weighted by atomic mass is 10.2. The standard InChI is InChI=1S/C11H18N8/c1-7(2)11-15-8(4-9(16-11)17-12)13-5-10-14-6-19(3)18-10/h4,6-7H,5,12H2,1-3H3,(H2,13,15,16,17). The van der Waals surface area contributed by atoms with Crippen LogP contribution in [-0.4, -0.2) is 24.7 Å². The Morgan fingerprint density at radius 2 is 2.05 bits per heavy atom. The smallest absolute Gasteiger partial charge is 0.169 e. The Kier molecular flexibility index (Phi) is 3.91. The molecule has 2 rings (SSSR count). The zero-order valence-corrected chi connectivity index (χ0v) is 11.3. The van der Waals surface area contributed by atoms with E-state index in [-0.39, 0.29) is 5.92 Å². The predicted octanol–water partition coefficient (Wildman–Crippen LogP) is 0.626. The molecule has 0 saturated heterocycles. The summed E-state index contributed by atoms with van der Waals surface area (Å²) in [7, 11) is 1.83. The van der Waals surface area contributed by atoms with Crippen LogP contribution < -0.4 is 16.6 Å². The van der Waals surface area contributed by atoms with Gasteiger partial charge in [-0.25, -0.2) is 20.8 Å². The molecule has 102 valence electrons. The maximum atomic E-state index is 5.40. The van der Waals surface area contributed by atoms with E-state index in [0.29, 0.717) is 24.0 Å². The molecule has 0 fully saturated rings. The van der Waals surface area contributed by atoms with Gasteiger partial charge in [-0.1, -0.05) is 13.8 Å². The van der Waals surface area contributed by atoms with Crippen LogP contribution in [0.4, 0.5) is 11.6 Å². The summed E-state index contributed by atoms with van der Waals surface area (Å²) in [6, 6.07) is 1.74. The first kappa shape index (κ1) is 13.2. The van der Waals surface area contributed by atoms with Crippen LogP contribution in [0.25, 0.3) is 0 Å². The molecule has 0 unspecified atom stereocenters. The summed E-state index contributed by atoms with van der Waals surface area (Å²) in [5, 5.41) is 7.34. The van der Waals surface area contributed by atoms with E-state index in [2.05, 4.69) is 30.8 Å².